The van der Waals surface area contributed by atoms with Crippen LogP contribution in [0.1, 0.15) is 22.1 Å². The minimum Gasteiger partial charge on any atom is -0.406 e. The van der Waals surface area contributed by atoms with Gasteiger partial charge in [0.2, 0.25) is 0 Å². The van der Waals surface area contributed by atoms with Crippen LogP contribution in [0.25, 0.3) is 0 Å². The molecule has 1 unspecified atom stereocenters. The molecule has 0 spiro atoms. The Morgan fingerprint density at radius 2 is 1.90 bits per heavy atom. The summed E-state index contributed by atoms with van der Waals surface area (Å²) in [6, 6.07) is 5.41. The van der Waals surface area contributed by atoms with Crippen molar-refractivity contribution >= 4 is 22.9 Å². The Morgan fingerprint density at radius 3 is 2.38 bits per heavy atom. The van der Waals surface area contributed by atoms with Crippen LogP contribution in [0.3, 0.4) is 0 Å². The van der Waals surface area contributed by atoms with Crippen molar-refractivity contribution in [2.45, 2.75) is 25.8 Å². The Morgan fingerprint density at radius 1 is 1.29 bits per heavy atom. The first kappa shape index (κ1) is 16.1. The summed E-state index contributed by atoms with van der Waals surface area (Å²) in [6.07, 6.45) is -5.22. The van der Waals surface area contributed by atoms with E-state index in [2.05, 4.69) is 4.74 Å². The number of thiophene rings is 1. The molecule has 2 rings (SSSR count). The van der Waals surface area contributed by atoms with E-state index in [9.17, 15) is 18.3 Å². The normalized spacial score (nSPS) is 13.2. The Kier molecular flexibility index (Phi) is 4.81. The molecular weight excluding hydrogens is 325 g/mol. The van der Waals surface area contributed by atoms with Crippen molar-refractivity contribution < 1.29 is 23.0 Å². The van der Waals surface area contributed by atoms with E-state index in [1.807, 2.05) is 12.3 Å². The van der Waals surface area contributed by atoms with E-state index in [0.29, 0.717) is 15.5 Å². The maximum atomic E-state index is 12.0. The molecule has 1 atom stereocenters. The number of hydrogen-bond acceptors (Lipinski definition) is 3. The Hall–Kier alpha value is -1.24. The fraction of sp³-hybridized carbons (Fsp3) is 0.286. The number of rotatable bonds is 4. The molecule has 1 N–H and O–H groups in total. The van der Waals surface area contributed by atoms with Crippen molar-refractivity contribution in [2.24, 2.45) is 0 Å². The number of alkyl halides is 3. The number of ether oxygens (including phenoxy) is 1. The zero-order chi connectivity index (χ0) is 15.6. The maximum Gasteiger partial charge on any atom is 0.573 e. The van der Waals surface area contributed by atoms with Crippen LogP contribution in [0.5, 0.6) is 5.75 Å². The second kappa shape index (κ2) is 6.25. The van der Waals surface area contributed by atoms with Crippen LogP contribution in [0.2, 0.25) is 5.02 Å². The summed E-state index contributed by atoms with van der Waals surface area (Å²) in [5.41, 5.74) is 1.59. The molecule has 0 aliphatic heterocycles. The van der Waals surface area contributed by atoms with Crippen LogP contribution in [0.4, 0.5) is 13.2 Å². The quantitative estimate of drug-likeness (QED) is 0.861. The van der Waals surface area contributed by atoms with Crippen molar-refractivity contribution in [1.29, 1.82) is 0 Å². The van der Waals surface area contributed by atoms with E-state index < -0.39 is 12.5 Å². The summed E-state index contributed by atoms with van der Waals surface area (Å²) in [5.74, 6) is -0.286. The molecule has 0 bridgehead atoms. The lowest BCUT2D eigenvalue weighted by Gasteiger charge is -2.12. The molecule has 2 aromatic rings. The minimum absolute atomic E-state index is 0.270. The van der Waals surface area contributed by atoms with Gasteiger partial charge in [-0.2, -0.15) is 0 Å². The summed E-state index contributed by atoms with van der Waals surface area (Å²) >= 11 is 7.43. The van der Waals surface area contributed by atoms with Crippen LogP contribution in [-0.2, 0) is 6.42 Å². The first-order chi connectivity index (χ1) is 9.76. The van der Waals surface area contributed by atoms with Crippen molar-refractivity contribution in [3.8, 4) is 5.75 Å². The molecule has 1 aromatic heterocycles. The molecule has 0 saturated carbocycles. The number of halogens is 4. The summed E-state index contributed by atoms with van der Waals surface area (Å²) in [4.78, 5) is 0.657. The molecule has 1 aromatic carbocycles. The van der Waals surface area contributed by atoms with E-state index in [-0.39, 0.29) is 12.2 Å². The molecule has 21 heavy (non-hydrogen) atoms. The van der Waals surface area contributed by atoms with Gasteiger partial charge in [0.05, 0.1) is 16.0 Å². The first-order valence-electron chi connectivity index (χ1n) is 6.02. The second-order valence-electron chi connectivity index (χ2n) is 4.51. The molecule has 0 aliphatic rings. The zero-order valence-corrected chi connectivity index (χ0v) is 12.5. The molecule has 2 nitrogen and oxygen atoms in total. The van der Waals surface area contributed by atoms with Gasteiger partial charge >= 0.3 is 6.36 Å². The highest BCUT2D eigenvalue weighted by atomic mass is 35.5. The van der Waals surface area contributed by atoms with Crippen molar-refractivity contribution in [2.75, 3.05) is 0 Å². The Labute approximate surface area is 128 Å². The van der Waals surface area contributed by atoms with Crippen molar-refractivity contribution in [1.82, 2.24) is 0 Å². The lowest BCUT2D eigenvalue weighted by molar-refractivity contribution is -0.274. The maximum absolute atomic E-state index is 12.0. The third kappa shape index (κ3) is 4.36. The predicted molar refractivity (Wildman–Crippen MR) is 75.9 cm³/mol. The van der Waals surface area contributed by atoms with Crippen LogP contribution in [-0.4, -0.2) is 11.5 Å². The highest BCUT2D eigenvalue weighted by Gasteiger charge is 2.31. The third-order valence-electron chi connectivity index (χ3n) is 2.81. The SMILES string of the molecule is Cc1csc(C(O)Cc2ccc(OC(F)(F)F)cc2)c1Cl. The van der Waals surface area contributed by atoms with E-state index in [0.717, 1.165) is 5.56 Å². The van der Waals surface area contributed by atoms with Crippen LogP contribution in [0.15, 0.2) is 29.6 Å². The number of hydrogen-bond donors (Lipinski definition) is 1. The Bertz CT molecular complexity index is 608. The number of benzene rings is 1. The molecule has 0 amide bonds. The van der Waals surface area contributed by atoms with E-state index in [1.54, 1.807) is 0 Å². The molecule has 0 fully saturated rings. The number of aliphatic hydroxyl groups is 1. The number of aliphatic hydroxyl groups excluding tert-OH is 1. The van der Waals surface area contributed by atoms with Crippen LogP contribution < -0.4 is 4.74 Å². The molecule has 7 heteroatoms. The molecule has 0 saturated heterocycles. The second-order valence-corrected chi connectivity index (χ2v) is 5.80. The van der Waals surface area contributed by atoms with Gasteiger partial charge in [0, 0.05) is 6.42 Å². The smallest absolute Gasteiger partial charge is 0.406 e. The van der Waals surface area contributed by atoms with Crippen LogP contribution >= 0.6 is 22.9 Å². The molecule has 0 radical (unpaired) electrons. The lowest BCUT2D eigenvalue weighted by atomic mass is 10.1. The first-order valence-corrected chi connectivity index (χ1v) is 7.28. The largest absolute Gasteiger partial charge is 0.573 e. The van der Waals surface area contributed by atoms with Gasteiger partial charge in [-0.25, -0.2) is 0 Å². The van der Waals surface area contributed by atoms with Gasteiger partial charge in [-0.15, -0.1) is 24.5 Å². The highest BCUT2D eigenvalue weighted by Crippen LogP contribution is 2.34. The molecular formula is C14H12ClF3O2S. The van der Waals surface area contributed by atoms with Gasteiger partial charge in [-0.3, -0.25) is 0 Å². The molecule has 1 heterocycles. The summed E-state index contributed by atoms with van der Waals surface area (Å²) < 4.78 is 39.9. The van der Waals surface area contributed by atoms with Gasteiger partial charge in [0.25, 0.3) is 0 Å². The molecule has 0 aliphatic carbocycles. The van der Waals surface area contributed by atoms with Gasteiger partial charge in [-0.05, 0) is 35.6 Å². The van der Waals surface area contributed by atoms with E-state index in [1.165, 1.54) is 35.6 Å². The van der Waals surface area contributed by atoms with Crippen molar-refractivity contribution in [3.05, 3.63) is 50.7 Å². The van der Waals surface area contributed by atoms with Gasteiger partial charge in [0.1, 0.15) is 5.75 Å². The minimum atomic E-state index is -4.71. The third-order valence-corrected chi connectivity index (χ3v) is 4.63. The van der Waals surface area contributed by atoms with Gasteiger partial charge < -0.3 is 9.84 Å². The summed E-state index contributed by atoms with van der Waals surface area (Å²) in [5, 5.41) is 12.5. The zero-order valence-electron chi connectivity index (χ0n) is 10.9. The summed E-state index contributed by atoms with van der Waals surface area (Å²) in [7, 11) is 0. The monoisotopic (exact) mass is 336 g/mol. The topological polar surface area (TPSA) is 29.5 Å². The fourth-order valence-corrected chi connectivity index (χ4v) is 3.12. The van der Waals surface area contributed by atoms with E-state index >= 15 is 0 Å². The van der Waals surface area contributed by atoms with Crippen molar-refractivity contribution in [3.63, 3.8) is 0 Å². The number of aryl methyl sites for hydroxylation is 1. The summed E-state index contributed by atoms with van der Waals surface area (Å²) in [6.45, 7) is 1.85. The van der Waals surface area contributed by atoms with Gasteiger partial charge in [0.15, 0.2) is 0 Å². The predicted octanol–water partition coefficient (Wildman–Crippen LogP) is 4.88. The van der Waals surface area contributed by atoms with Gasteiger partial charge in [-0.1, -0.05) is 23.7 Å². The average molecular weight is 337 g/mol. The van der Waals surface area contributed by atoms with Crippen LogP contribution in [0, 0.1) is 6.92 Å². The highest BCUT2D eigenvalue weighted by molar-refractivity contribution is 7.10. The molecule has 114 valence electrons. The average Bonchev–Trinajstić information content (AvgIpc) is 2.71. The fourth-order valence-electron chi connectivity index (χ4n) is 1.82. The van der Waals surface area contributed by atoms with E-state index in [4.69, 9.17) is 11.6 Å². The Balaban J connectivity index is 2.05. The lowest BCUT2D eigenvalue weighted by Crippen LogP contribution is -2.17. The standard InChI is InChI=1S/C14H12ClF3O2S/c1-8-7-21-13(12(8)15)11(19)6-9-2-4-10(5-3-9)20-14(16,17)18/h2-5,7,11,19H,6H2,1H3.